The predicted molar refractivity (Wildman–Crippen MR) is 96.8 cm³/mol. The van der Waals surface area contributed by atoms with Crippen LogP contribution in [0.1, 0.15) is 23.2 Å². The molecule has 1 aliphatic rings. The number of hydrogen-bond acceptors (Lipinski definition) is 10. The molecule has 3 aromatic heterocycles. The van der Waals surface area contributed by atoms with Gasteiger partial charge in [0, 0.05) is 38.6 Å². The van der Waals surface area contributed by atoms with Crippen LogP contribution < -0.4 is 9.80 Å². The number of carbonyl (C=O) groups excluding carboxylic acids is 1. The third kappa shape index (κ3) is 3.25. The summed E-state index contributed by atoms with van der Waals surface area (Å²) < 4.78 is 10.3. The summed E-state index contributed by atoms with van der Waals surface area (Å²) in [6.45, 7) is 6.66. The van der Waals surface area contributed by atoms with Gasteiger partial charge in [-0.3, -0.25) is 0 Å². The van der Waals surface area contributed by atoms with Gasteiger partial charge in [-0.2, -0.15) is 4.98 Å². The summed E-state index contributed by atoms with van der Waals surface area (Å²) in [5, 5.41) is 4.69. The number of aryl methyl sites for hydroxylation is 1. The van der Waals surface area contributed by atoms with Gasteiger partial charge in [-0.25, -0.2) is 19.7 Å². The Morgan fingerprint density at radius 2 is 1.85 bits per heavy atom. The van der Waals surface area contributed by atoms with Crippen LogP contribution in [0, 0.1) is 6.92 Å². The Morgan fingerprint density at radius 3 is 2.56 bits per heavy atom. The lowest BCUT2D eigenvalue weighted by Crippen LogP contribution is -2.47. The maximum Gasteiger partial charge on any atom is 0.376 e. The second kappa shape index (κ2) is 7.14. The van der Waals surface area contributed by atoms with Crippen molar-refractivity contribution >= 4 is 28.8 Å². The Hall–Kier alpha value is -3.30. The summed E-state index contributed by atoms with van der Waals surface area (Å²) in [6, 6.07) is 1.79. The Bertz CT molecular complexity index is 952. The minimum absolute atomic E-state index is 0.0238. The molecule has 10 heteroatoms. The second-order valence-electron chi connectivity index (χ2n) is 6.06. The van der Waals surface area contributed by atoms with Gasteiger partial charge in [0.2, 0.25) is 11.8 Å². The lowest BCUT2D eigenvalue weighted by Gasteiger charge is -2.35. The molecule has 0 atom stereocenters. The summed E-state index contributed by atoms with van der Waals surface area (Å²) in [6.07, 6.45) is 3.46. The van der Waals surface area contributed by atoms with Gasteiger partial charge in [-0.15, -0.1) is 0 Å². The number of ether oxygens (including phenoxy) is 1. The van der Waals surface area contributed by atoms with Crippen molar-refractivity contribution in [3.8, 4) is 0 Å². The minimum Gasteiger partial charge on any atom is -0.460 e. The van der Waals surface area contributed by atoms with Gasteiger partial charge in [0.25, 0.3) is 5.71 Å². The molecule has 4 rings (SSSR count). The highest BCUT2D eigenvalue weighted by atomic mass is 16.5. The summed E-state index contributed by atoms with van der Waals surface area (Å²) in [5.41, 5.74) is 0.971. The normalized spacial score (nSPS) is 14.6. The fourth-order valence-electron chi connectivity index (χ4n) is 3.06. The van der Waals surface area contributed by atoms with Crippen LogP contribution >= 0.6 is 0 Å². The van der Waals surface area contributed by atoms with Crippen LogP contribution in [0.25, 0.3) is 11.1 Å². The molecule has 27 heavy (non-hydrogen) atoms. The minimum atomic E-state index is -0.578. The van der Waals surface area contributed by atoms with E-state index in [1.165, 1.54) is 0 Å². The molecule has 0 aromatic carbocycles. The first-order chi connectivity index (χ1) is 13.2. The number of esters is 1. The highest BCUT2D eigenvalue weighted by molar-refractivity contribution is 5.93. The number of aromatic nitrogens is 5. The fraction of sp³-hybridized carbons (Fsp3) is 0.412. The van der Waals surface area contributed by atoms with Gasteiger partial charge in [0.1, 0.15) is 11.2 Å². The largest absolute Gasteiger partial charge is 0.460 e. The molecule has 0 unspecified atom stereocenters. The van der Waals surface area contributed by atoms with Crippen LogP contribution in [0.15, 0.2) is 23.0 Å². The number of fused-ring (bicyclic) bond motifs is 1. The molecular weight excluding hydrogens is 350 g/mol. The van der Waals surface area contributed by atoms with Crippen molar-refractivity contribution in [2.24, 2.45) is 0 Å². The van der Waals surface area contributed by atoms with E-state index in [0.29, 0.717) is 35.9 Å². The van der Waals surface area contributed by atoms with E-state index in [0.717, 1.165) is 13.1 Å². The number of nitrogens with zero attached hydrogens (tertiary/aromatic N) is 7. The Kier molecular flexibility index (Phi) is 4.53. The highest BCUT2D eigenvalue weighted by Crippen LogP contribution is 2.28. The summed E-state index contributed by atoms with van der Waals surface area (Å²) >= 11 is 0. The molecule has 10 nitrogen and oxygen atoms in total. The fourth-order valence-corrected chi connectivity index (χ4v) is 3.06. The van der Waals surface area contributed by atoms with Crippen molar-refractivity contribution in [3.05, 3.63) is 30.0 Å². The molecule has 3 aromatic rings. The van der Waals surface area contributed by atoms with Gasteiger partial charge >= 0.3 is 5.97 Å². The van der Waals surface area contributed by atoms with Gasteiger partial charge in [-0.05, 0) is 19.9 Å². The van der Waals surface area contributed by atoms with Crippen LogP contribution in [0.4, 0.5) is 11.8 Å². The van der Waals surface area contributed by atoms with E-state index in [1.807, 2.05) is 6.92 Å². The summed E-state index contributed by atoms with van der Waals surface area (Å²) in [7, 11) is 0. The molecule has 0 N–H and O–H groups in total. The molecular formula is C17H19N7O3. The van der Waals surface area contributed by atoms with E-state index < -0.39 is 5.97 Å². The van der Waals surface area contributed by atoms with Crippen molar-refractivity contribution < 1.29 is 14.1 Å². The Balaban J connectivity index is 1.63. The van der Waals surface area contributed by atoms with Crippen molar-refractivity contribution in [2.75, 3.05) is 42.6 Å². The summed E-state index contributed by atoms with van der Waals surface area (Å²) in [4.78, 5) is 33.5. The van der Waals surface area contributed by atoms with Crippen LogP contribution in [-0.4, -0.2) is 63.8 Å². The summed E-state index contributed by atoms with van der Waals surface area (Å²) in [5.74, 6) is 0.740. The van der Waals surface area contributed by atoms with Gasteiger partial charge in [-0.1, -0.05) is 5.16 Å². The third-order valence-corrected chi connectivity index (χ3v) is 4.36. The zero-order valence-corrected chi connectivity index (χ0v) is 15.1. The van der Waals surface area contributed by atoms with Crippen molar-refractivity contribution in [3.63, 3.8) is 0 Å². The average molecular weight is 369 g/mol. The van der Waals surface area contributed by atoms with E-state index in [-0.39, 0.29) is 18.1 Å². The molecule has 140 valence electrons. The SMILES string of the molecule is CCOC(=O)c1nc(N2CCN(c3ncccn3)CC2)c2c(C)noc2n1. The van der Waals surface area contributed by atoms with Crippen molar-refractivity contribution in [1.29, 1.82) is 0 Å². The van der Waals surface area contributed by atoms with Gasteiger partial charge < -0.3 is 19.1 Å². The first kappa shape index (κ1) is 17.1. The molecule has 0 bridgehead atoms. The van der Waals surface area contributed by atoms with Crippen molar-refractivity contribution in [1.82, 2.24) is 25.1 Å². The van der Waals surface area contributed by atoms with Crippen LogP contribution in [0.2, 0.25) is 0 Å². The molecule has 0 aliphatic carbocycles. The molecule has 0 radical (unpaired) electrons. The number of hydrogen-bond donors (Lipinski definition) is 0. The smallest absolute Gasteiger partial charge is 0.376 e. The van der Waals surface area contributed by atoms with E-state index in [2.05, 4.69) is 34.9 Å². The van der Waals surface area contributed by atoms with Gasteiger partial charge in [0.05, 0.1) is 12.3 Å². The predicted octanol–water partition coefficient (Wildman–Crippen LogP) is 1.22. The lowest BCUT2D eigenvalue weighted by molar-refractivity contribution is 0.0512. The van der Waals surface area contributed by atoms with Gasteiger partial charge in [0.15, 0.2) is 0 Å². The zero-order chi connectivity index (χ0) is 18.8. The monoisotopic (exact) mass is 369 g/mol. The van der Waals surface area contributed by atoms with Crippen LogP contribution in [0.5, 0.6) is 0 Å². The number of rotatable bonds is 4. The van der Waals surface area contributed by atoms with E-state index in [4.69, 9.17) is 9.26 Å². The molecule has 0 saturated carbocycles. The maximum atomic E-state index is 12.1. The average Bonchev–Trinajstić information content (AvgIpc) is 3.09. The Labute approximate surface area is 155 Å². The number of carbonyl (C=O) groups is 1. The molecule has 0 spiro atoms. The Morgan fingerprint density at radius 1 is 1.15 bits per heavy atom. The third-order valence-electron chi connectivity index (χ3n) is 4.36. The maximum absolute atomic E-state index is 12.1. The zero-order valence-electron chi connectivity index (χ0n) is 15.1. The van der Waals surface area contributed by atoms with Crippen molar-refractivity contribution in [2.45, 2.75) is 13.8 Å². The van der Waals surface area contributed by atoms with E-state index >= 15 is 0 Å². The first-order valence-corrected chi connectivity index (χ1v) is 8.75. The molecule has 1 saturated heterocycles. The van der Waals surface area contributed by atoms with Crippen LogP contribution in [-0.2, 0) is 4.74 Å². The lowest BCUT2D eigenvalue weighted by atomic mass is 10.2. The molecule has 1 fully saturated rings. The highest BCUT2D eigenvalue weighted by Gasteiger charge is 2.26. The standard InChI is InChI=1S/C17H19N7O3/c1-3-26-16(25)13-20-14(12-11(2)22-27-15(12)21-13)23-7-9-24(10-8-23)17-18-5-4-6-19-17/h4-6H,3,7-10H2,1-2H3. The van der Waals surface area contributed by atoms with Crippen LogP contribution in [0.3, 0.4) is 0 Å². The second-order valence-corrected chi connectivity index (χ2v) is 6.06. The first-order valence-electron chi connectivity index (χ1n) is 8.75. The molecule has 4 heterocycles. The van der Waals surface area contributed by atoms with E-state index in [1.54, 1.807) is 25.4 Å². The molecule has 0 amide bonds. The quantitative estimate of drug-likeness (QED) is 0.622. The topological polar surface area (TPSA) is 110 Å². The number of anilines is 2. The number of piperazine rings is 1. The molecule has 1 aliphatic heterocycles. The van der Waals surface area contributed by atoms with E-state index in [9.17, 15) is 4.79 Å².